The molecule has 2 rings (SSSR count). The Balaban J connectivity index is 2.27. The van der Waals surface area contributed by atoms with Crippen LogP contribution in [-0.4, -0.2) is 26.8 Å². The van der Waals surface area contributed by atoms with Gasteiger partial charge >= 0.3 is 5.51 Å². The van der Waals surface area contributed by atoms with E-state index in [0.29, 0.717) is 24.9 Å². The molecular weight excluding hydrogens is 311 g/mol. The molecule has 1 heterocycles. The largest absolute Gasteiger partial charge is 0.501 e. The zero-order valence-electron chi connectivity index (χ0n) is 10.9. The van der Waals surface area contributed by atoms with Crippen molar-refractivity contribution in [2.24, 2.45) is 5.73 Å². The predicted molar refractivity (Wildman–Crippen MR) is 67.2 cm³/mol. The SMILES string of the molecule is NCCCC1OCc2ccc(S(=O)(=O)C(F)(F)F)cc2O1. The van der Waals surface area contributed by atoms with E-state index in [0.717, 1.165) is 12.1 Å². The van der Waals surface area contributed by atoms with Gasteiger partial charge < -0.3 is 15.2 Å². The Bertz CT molecular complexity index is 615. The van der Waals surface area contributed by atoms with Gasteiger partial charge in [-0.1, -0.05) is 6.07 Å². The Morgan fingerprint density at radius 1 is 1.33 bits per heavy atom. The third-order valence-corrected chi connectivity index (χ3v) is 4.46. The number of halogens is 3. The Labute approximate surface area is 119 Å². The summed E-state index contributed by atoms with van der Waals surface area (Å²) in [5.41, 5.74) is 0.512. The Morgan fingerprint density at radius 2 is 2.05 bits per heavy atom. The van der Waals surface area contributed by atoms with Crippen LogP contribution in [0, 0.1) is 0 Å². The molecule has 1 aliphatic rings. The molecule has 0 saturated heterocycles. The summed E-state index contributed by atoms with van der Waals surface area (Å²) in [5, 5.41) is 0. The smallest absolute Gasteiger partial charge is 0.465 e. The standard InChI is InChI=1S/C12H14F3NO4S/c13-12(14,15)21(17,18)9-4-3-8-7-19-11(2-1-5-16)20-10(8)6-9/h3-4,6,11H,1-2,5,7,16H2. The molecule has 0 amide bonds. The van der Waals surface area contributed by atoms with Crippen LogP contribution < -0.4 is 10.5 Å². The van der Waals surface area contributed by atoms with E-state index in [-0.39, 0.29) is 12.4 Å². The van der Waals surface area contributed by atoms with Crippen molar-refractivity contribution in [3.63, 3.8) is 0 Å². The Kier molecular flexibility index (Phi) is 4.45. The van der Waals surface area contributed by atoms with Crippen molar-refractivity contribution in [1.29, 1.82) is 0 Å². The van der Waals surface area contributed by atoms with Crippen LogP contribution in [0.25, 0.3) is 0 Å². The summed E-state index contributed by atoms with van der Waals surface area (Å²) in [6, 6.07) is 3.04. The predicted octanol–water partition coefficient (Wildman–Crippen LogP) is 1.95. The monoisotopic (exact) mass is 325 g/mol. The molecule has 1 aromatic carbocycles. The molecule has 0 saturated carbocycles. The molecule has 0 spiro atoms. The molecule has 5 nitrogen and oxygen atoms in total. The van der Waals surface area contributed by atoms with Crippen molar-refractivity contribution >= 4 is 9.84 Å². The van der Waals surface area contributed by atoms with E-state index < -0.39 is 26.5 Å². The van der Waals surface area contributed by atoms with Crippen molar-refractivity contribution < 1.29 is 31.1 Å². The molecular formula is C12H14F3NO4S. The van der Waals surface area contributed by atoms with Crippen LogP contribution in [0.4, 0.5) is 13.2 Å². The van der Waals surface area contributed by atoms with Gasteiger partial charge in [0.25, 0.3) is 9.84 Å². The van der Waals surface area contributed by atoms with Crippen LogP contribution in [0.2, 0.25) is 0 Å². The zero-order valence-corrected chi connectivity index (χ0v) is 11.7. The molecule has 1 aliphatic heterocycles. The maximum atomic E-state index is 12.5. The molecule has 0 aliphatic carbocycles. The van der Waals surface area contributed by atoms with Crippen LogP contribution >= 0.6 is 0 Å². The highest BCUT2D eigenvalue weighted by Gasteiger charge is 2.47. The lowest BCUT2D eigenvalue weighted by Crippen LogP contribution is -2.27. The summed E-state index contributed by atoms with van der Waals surface area (Å²) < 4.78 is 71.0. The van der Waals surface area contributed by atoms with E-state index >= 15 is 0 Å². The van der Waals surface area contributed by atoms with Crippen molar-refractivity contribution in [1.82, 2.24) is 0 Å². The van der Waals surface area contributed by atoms with Gasteiger partial charge in [-0.05, 0) is 25.1 Å². The van der Waals surface area contributed by atoms with E-state index in [1.54, 1.807) is 0 Å². The van der Waals surface area contributed by atoms with Crippen LogP contribution in [0.3, 0.4) is 0 Å². The lowest BCUT2D eigenvalue weighted by atomic mass is 10.2. The minimum atomic E-state index is -5.39. The third-order valence-electron chi connectivity index (χ3n) is 2.98. The molecule has 118 valence electrons. The number of fused-ring (bicyclic) bond motifs is 1. The molecule has 0 radical (unpaired) electrons. The minimum Gasteiger partial charge on any atom is -0.465 e. The van der Waals surface area contributed by atoms with Crippen LogP contribution in [0.1, 0.15) is 18.4 Å². The van der Waals surface area contributed by atoms with Gasteiger partial charge in [-0.25, -0.2) is 8.42 Å². The van der Waals surface area contributed by atoms with Gasteiger partial charge in [0.1, 0.15) is 5.75 Å². The topological polar surface area (TPSA) is 78.6 Å². The second-order valence-electron chi connectivity index (χ2n) is 4.51. The summed E-state index contributed by atoms with van der Waals surface area (Å²) >= 11 is 0. The summed E-state index contributed by atoms with van der Waals surface area (Å²) in [7, 11) is -5.39. The maximum Gasteiger partial charge on any atom is 0.501 e. The summed E-state index contributed by atoms with van der Waals surface area (Å²) in [6.45, 7) is 0.579. The third kappa shape index (κ3) is 3.30. The lowest BCUT2D eigenvalue weighted by Gasteiger charge is -2.26. The summed E-state index contributed by atoms with van der Waals surface area (Å²) in [5.74, 6) is 0.0913. The first-order valence-electron chi connectivity index (χ1n) is 6.18. The first-order valence-corrected chi connectivity index (χ1v) is 7.66. The van der Waals surface area contributed by atoms with Crippen molar-refractivity contribution in [3.8, 4) is 5.75 Å². The average Bonchev–Trinajstić information content (AvgIpc) is 2.43. The maximum absolute atomic E-state index is 12.5. The number of hydrogen-bond acceptors (Lipinski definition) is 5. The first kappa shape index (κ1) is 16.1. The van der Waals surface area contributed by atoms with Gasteiger partial charge in [-0.15, -0.1) is 0 Å². The van der Waals surface area contributed by atoms with E-state index in [4.69, 9.17) is 15.2 Å². The summed E-state index contributed by atoms with van der Waals surface area (Å²) in [6.07, 6.45) is 0.470. The molecule has 1 aromatic rings. The van der Waals surface area contributed by atoms with Crippen molar-refractivity contribution in [2.45, 2.75) is 36.1 Å². The Hall–Kier alpha value is -1.32. The highest BCUT2D eigenvalue weighted by Crippen LogP contribution is 2.35. The second-order valence-corrected chi connectivity index (χ2v) is 6.45. The van der Waals surface area contributed by atoms with E-state index in [1.165, 1.54) is 6.07 Å². The van der Waals surface area contributed by atoms with Gasteiger partial charge in [0.05, 0.1) is 11.5 Å². The van der Waals surface area contributed by atoms with Crippen molar-refractivity contribution in [2.75, 3.05) is 6.54 Å². The number of ether oxygens (including phenoxy) is 2. The number of hydrogen-bond donors (Lipinski definition) is 1. The Morgan fingerprint density at radius 3 is 2.67 bits per heavy atom. The van der Waals surface area contributed by atoms with E-state index in [1.807, 2.05) is 0 Å². The fraction of sp³-hybridized carbons (Fsp3) is 0.500. The number of nitrogens with two attached hydrogens (primary N) is 1. The molecule has 9 heteroatoms. The van der Waals surface area contributed by atoms with Gasteiger partial charge in [0.2, 0.25) is 0 Å². The number of benzene rings is 1. The van der Waals surface area contributed by atoms with Crippen LogP contribution in [-0.2, 0) is 21.2 Å². The zero-order chi connectivity index (χ0) is 15.7. The van der Waals surface area contributed by atoms with Crippen LogP contribution in [0.15, 0.2) is 23.1 Å². The number of sulfone groups is 1. The quantitative estimate of drug-likeness (QED) is 0.915. The average molecular weight is 325 g/mol. The fourth-order valence-corrected chi connectivity index (χ4v) is 2.63. The molecule has 0 fully saturated rings. The first-order chi connectivity index (χ1) is 9.75. The normalized spacial score (nSPS) is 19.0. The molecule has 1 atom stereocenters. The molecule has 21 heavy (non-hydrogen) atoms. The lowest BCUT2D eigenvalue weighted by molar-refractivity contribution is -0.112. The van der Waals surface area contributed by atoms with Gasteiger partial charge in [-0.2, -0.15) is 13.2 Å². The van der Waals surface area contributed by atoms with E-state index in [9.17, 15) is 21.6 Å². The second kappa shape index (κ2) is 5.82. The highest BCUT2D eigenvalue weighted by molar-refractivity contribution is 7.92. The molecule has 1 unspecified atom stereocenters. The van der Waals surface area contributed by atoms with E-state index in [2.05, 4.69) is 0 Å². The molecule has 0 aromatic heterocycles. The highest BCUT2D eigenvalue weighted by atomic mass is 32.2. The van der Waals surface area contributed by atoms with Gasteiger partial charge in [0.15, 0.2) is 6.29 Å². The number of rotatable bonds is 4. The number of alkyl halides is 3. The van der Waals surface area contributed by atoms with Crippen molar-refractivity contribution in [3.05, 3.63) is 23.8 Å². The van der Waals surface area contributed by atoms with Gasteiger partial charge in [-0.3, -0.25) is 0 Å². The van der Waals surface area contributed by atoms with Gasteiger partial charge in [0, 0.05) is 12.0 Å². The minimum absolute atomic E-state index is 0.0913. The summed E-state index contributed by atoms with van der Waals surface area (Å²) in [4.78, 5) is -0.840. The van der Waals surface area contributed by atoms with Crippen LogP contribution in [0.5, 0.6) is 5.75 Å². The fourth-order valence-electron chi connectivity index (χ4n) is 1.85. The molecule has 2 N–H and O–H groups in total. The molecule has 0 bridgehead atoms.